The second kappa shape index (κ2) is 6.75. The zero-order chi connectivity index (χ0) is 15.5. The minimum Gasteiger partial charge on any atom is -0.313 e. The van der Waals surface area contributed by atoms with Gasteiger partial charge in [0, 0.05) is 18.6 Å². The van der Waals surface area contributed by atoms with E-state index < -0.39 is 12.7 Å². The predicted octanol–water partition coefficient (Wildman–Crippen LogP) is 3.50. The van der Waals surface area contributed by atoms with Crippen molar-refractivity contribution >= 4 is 0 Å². The third kappa shape index (κ3) is 5.28. The van der Waals surface area contributed by atoms with Gasteiger partial charge in [0.2, 0.25) is 0 Å². The molecule has 0 aromatic heterocycles. The van der Waals surface area contributed by atoms with E-state index in [1.54, 1.807) is 19.2 Å². The van der Waals surface area contributed by atoms with E-state index in [0.29, 0.717) is 13.0 Å². The van der Waals surface area contributed by atoms with Gasteiger partial charge in [0.05, 0.1) is 6.54 Å². The Kier molecular flexibility index (Phi) is 5.22. The molecule has 0 aliphatic heterocycles. The molecule has 118 valence electrons. The summed E-state index contributed by atoms with van der Waals surface area (Å²) < 4.78 is 50.6. The molecule has 0 spiro atoms. The molecule has 6 heteroatoms. The lowest BCUT2D eigenvalue weighted by molar-refractivity contribution is -0.147. The maximum Gasteiger partial charge on any atom is 0.401 e. The molecule has 1 aliphatic rings. The van der Waals surface area contributed by atoms with E-state index in [2.05, 4.69) is 5.32 Å². The van der Waals surface area contributed by atoms with Crippen molar-refractivity contribution < 1.29 is 17.6 Å². The molecule has 0 saturated heterocycles. The number of rotatable bonds is 7. The van der Waals surface area contributed by atoms with Crippen LogP contribution in [-0.2, 0) is 0 Å². The molecule has 2 rings (SSSR count). The first-order valence-electron chi connectivity index (χ1n) is 7.12. The third-order valence-electron chi connectivity index (χ3n) is 3.77. The molecule has 1 unspecified atom stereocenters. The van der Waals surface area contributed by atoms with Gasteiger partial charge in [-0.25, -0.2) is 4.39 Å². The Hall–Kier alpha value is -1.14. The zero-order valence-corrected chi connectivity index (χ0v) is 12.0. The number of hydrogen-bond donors (Lipinski definition) is 1. The van der Waals surface area contributed by atoms with E-state index in [9.17, 15) is 17.6 Å². The van der Waals surface area contributed by atoms with Crippen LogP contribution in [0.3, 0.4) is 0 Å². The van der Waals surface area contributed by atoms with Crippen LogP contribution in [0.2, 0.25) is 0 Å². The van der Waals surface area contributed by atoms with Crippen LogP contribution in [-0.4, -0.2) is 37.3 Å². The smallest absolute Gasteiger partial charge is 0.313 e. The summed E-state index contributed by atoms with van der Waals surface area (Å²) in [6, 6.07) is 6.07. The van der Waals surface area contributed by atoms with E-state index in [0.717, 1.165) is 18.4 Å². The molecule has 0 amide bonds. The molecular formula is C15H20F4N2. The molecule has 1 saturated carbocycles. The normalized spacial score (nSPS) is 17.2. The molecule has 1 fully saturated rings. The van der Waals surface area contributed by atoms with Gasteiger partial charge in [-0.1, -0.05) is 12.1 Å². The molecule has 2 nitrogen and oxygen atoms in total. The third-order valence-corrected chi connectivity index (χ3v) is 3.77. The van der Waals surface area contributed by atoms with Crippen molar-refractivity contribution in [2.75, 3.05) is 20.1 Å². The number of nitrogens with zero attached hydrogens (tertiary/aromatic N) is 1. The topological polar surface area (TPSA) is 15.3 Å². The van der Waals surface area contributed by atoms with Gasteiger partial charge in [0.1, 0.15) is 5.82 Å². The number of hydrogen-bond acceptors (Lipinski definition) is 2. The summed E-state index contributed by atoms with van der Waals surface area (Å²) >= 11 is 0. The standard InChI is InChI=1S/C15H20F4N2/c1-20-14(11-2-4-12(16)5-3-11)8-9-21(13-6-7-13)10-15(17,18)19/h2-5,13-14,20H,6-10H2,1H3. The van der Waals surface area contributed by atoms with Crippen molar-refractivity contribution in [3.8, 4) is 0 Å². The van der Waals surface area contributed by atoms with Crippen LogP contribution in [0.5, 0.6) is 0 Å². The van der Waals surface area contributed by atoms with Crippen LogP contribution in [0.4, 0.5) is 17.6 Å². The molecule has 0 radical (unpaired) electrons. The quantitative estimate of drug-likeness (QED) is 0.776. The van der Waals surface area contributed by atoms with Crippen molar-refractivity contribution in [3.05, 3.63) is 35.6 Å². The number of alkyl halides is 3. The van der Waals surface area contributed by atoms with Crippen molar-refractivity contribution in [1.29, 1.82) is 0 Å². The fourth-order valence-electron chi connectivity index (χ4n) is 2.53. The van der Waals surface area contributed by atoms with Gasteiger partial charge in [-0.15, -0.1) is 0 Å². The van der Waals surface area contributed by atoms with E-state index in [1.165, 1.54) is 17.0 Å². The van der Waals surface area contributed by atoms with Gasteiger partial charge < -0.3 is 5.32 Å². The van der Waals surface area contributed by atoms with Crippen LogP contribution in [0.25, 0.3) is 0 Å². The van der Waals surface area contributed by atoms with Crippen molar-refractivity contribution in [2.45, 2.75) is 37.5 Å². The summed E-state index contributed by atoms with van der Waals surface area (Å²) in [5.74, 6) is -0.315. The molecule has 21 heavy (non-hydrogen) atoms. The van der Waals surface area contributed by atoms with Crippen LogP contribution < -0.4 is 5.32 Å². The highest BCUT2D eigenvalue weighted by atomic mass is 19.4. The van der Waals surface area contributed by atoms with Crippen molar-refractivity contribution in [1.82, 2.24) is 10.2 Å². The maximum absolute atomic E-state index is 12.9. The average molecular weight is 304 g/mol. The summed E-state index contributed by atoms with van der Waals surface area (Å²) in [6.45, 7) is -0.468. The van der Waals surface area contributed by atoms with Crippen LogP contribution in [0, 0.1) is 5.82 Å². The zero-order valence-electron chi connectivity index (χ0n) is 12.0. The van der Waals surface area contributed by atoms with E-state index in [4.69, 9.17) is 0 Å². The fraction of sp³-hybridized carbons (Fsp3) is 0.600. The summed E-state index contributed by atoms with van der Waals surface area (Å²) in [4.78, 5) is 1.51. The summed E-state index contributed by atoms with van der Waals surface area (Å²) in [7, 11) is 1.76. The van der Waals surface area contributed by atoms with Gasteiger partial charge in [-0.05, 0) is 44.0 Å². The van der Waals surface area contributed by atoms with Gasteiger partial charge in [-0.2, -0.15) is 13.2 Å². The van der Waals surface area contributed by atoms with Gasteiger partial charge >= 0.3 is 6.18 Å². The van der Waals surface area contributed by atoms with Crippen molar-refractivity contribution in [2.24, 2.45) is 0 Å². The molecule has 1 aromatic carbocycles. The van der Waals surface area contributed by atoms with Gasteiger partial charge in [0.15, 0.2) is 0 Å². The molecule has 1 N–H and O–H groups in total. The second-order valence-corrected chi connectivity index (χ2v) is 5.50. The lowest BCUT2D eigenvalue weighted by Crippen LogP contribution is -2.37. The van der Waals surface area contributed by atoms with Gasteiger partial charge in [-0.3, -0.25) is 4.90 Å². The molecule has 0 bridgehead atoms. The Morgan fingerprint density at radius 2 is 1.86 bits per heavy atom. The van der Waals surface area contributed by atoms with Crippen LogP contribution >= 0.6 is 0 Å². The average Bonchev–Trinajstić information content (AvgIpc) is 3.23. The Morgan fingerprint density at radius 3 is 2.33 bits per heavy atom. The first-order chi connectivity index (χ1) is 9.89. The Bertz CT molecular complexity index is 440. The molecule has 0 heterocycles. The first-order valence-corrected chi connectivity index (χ1v) is 7.12. The van der Waals surface area contributed by atoms with E-state index in [-0.39, 0.29) is 17.9 Å². The van der Waals surface area contributed by atoms with Gasteiger partial charge in [0.25, 0.3) is 0 Å². The lowest BCUT2D eigenvalue weighted by atomic mass is 10.0. The Balaban J connectivity index is 1.93. The Labute approximate surface area is 122 Å². The second-order valence-electron chi connectivity index (χ2n) is 5.50. The van der Waals surface area contributed by atoms with E-state index in [1.807, 2.05) is 0 Å². The SMILES string of the molecule is CNC(CCN(CC(F)(F)F)C1CC1)c1ccc(F)cc1. The highest BCUT2D eigenvalue weighted by molar-refractivity contribution is 5.19. The summed E-state index contributed by atoms with van der Waals surface area (Å²) in [6.07, 6.45) is -1.91. The molecule has 1 aromatic rings. The first kappa shape index (κ1) is 16.2. The number of benzene rings is 1. The maximum atomic E-state index is 12.9. The molecule has 1 aliphatic carbocycles. The molecular weight excluding hydrogens is 284 g/mol. The van der Waals surface area contributed by atoms with Crippen LogP contribution in [0.1, 0.15) is 30.9 Å². The highest BCUT2D eigenvalue weighted by Crippen LogP contribution is 2.31. The van der Waals surface area contributed by atoms with E-state index >= 15 is 0 Å². The minimum atomic E-state index is -4.16. The summed E-state index contributed by atoms with van der Waals surface area (Å²) in [5, 5.41) is 3.08. The monoisotopic (exact) mass is 304 g/mol. The number of nitrogens with one attached hydrogen (secondary N) is 1. The summed E-state index contributed by atoms with van der Waals surface area (Å²) in [5.41, 5.74) is 0.890. The fourth-order valence-corrected chi connectivity index (χ4v) is 2.53. The Morgan fingerprint density at radius 1 is 1.24 bits per heavy atom. The predicted molar refractivity (Wildman–Crippen MR) is 73.5 cm³/mol. The minimum absolute atomic E-state index is 0.0670. The lowest BCUT2D eigenvalue weighted by Gasteiger charge is -2.26. The number of halogens is 4. The molecule has 1 atom stereocenters. The highest BCUT2D eigenvalue weighted by Gasteiger charge is 2.37. The largest absolute Gasteiger partial charge is 0.401 e. The van der Waals surface area contributed by atoms with Crippen molar-refractivity contribution in [3.63, 3.8) is 0 Å². The van der Waals surface area contributed by atoms with Crippen LogP contribution in [0.15, 0.2) is 24.3 Å².